The number of benzene rings is 2. The van der Waals surface area contributed by atoms with Crippen LogP contribution in [0.2, 0.25) is 0 Å². The van der Waals surface area contributed by atoms with Crippen LogP contribution in [0.5, 0.6) is 0 Å². The van der Waals surface area contributed by atoms with Gasteiger partial charge in [0.2, 0.25) is 10.0 Å². The Kier molecular flexibility index (Phi) is 5.19. The summed E-state index contributed by atoms with van der Waals surface area (Å²) in [5.74, 6) is 6.15. The number of hydrogen-bond acceptors (Lipinski definition) is 4. The van der Waals surface area contributed by atoms with Crippen LogP contribution in [-0.2, 0) is 17.1 Å². The molecule has 2 aromatic heterocycles. The highest BCUT2D eigenvalue weighted by Gasteiger charge is 2.11. The summed E-state index contributed by atoms with van der Waals surface area (Å²) in [7, 11) is -1.86. The van der Waals surface area contributed by atoms with Gasteiger partial charge in [-0.15, -0.1) is 0 Å². The van der Waals surface area contributed by atoms with E-state index in [0.29, 0.717) is 5.56 Å². The summed E-state index contributed by atoms with van der Waals surface area (Å²) in [6.07, 6.45) is 3.51. The lowest BCUT2D eigenvalue weighted by Crippen LogP contribution is -2.11. The average Bonchev–Trinajstić information content (AvgIpc) is 3.13. The first-order valence-corrected chi connectivity index (χ1v) is 10.7. The van der Waals surface area contributed by atoms with E-state index < -0.39 is 10.0 Å². The summed E-state index contributed by atoms with van der Waals surface area (Å²) in [5.41, 5.74) is 5.14. The van der Waals surface area contributed by atoms with Gasteiger partial charge in [0.1, 0.15) is 0 Å². The Morgan fingerprint density at radius 3 is 2.23 bits per heavy atom. The molecule has 2 heterocycles. The molecule has 7 heteroatoms. The first-order chi connectivity index (χ1) is 14.4. The van der Waals surface area contributed by atoms with E-state index in [-0.39, 0.29) is 4.90 Å². The maximum atomic E-state index is 11.4. The number of nitrogens with zero attached hydrogens (tertiary/aromatic N) is 3. The van der Waals surface area contributed by atoms with Crippen LogP contribution in [0, 0.1) is 11.8 Å². The van der Waals surface area contributed by atoms with Gasteiger partial charge in [-0.25, -0.2) is 13.6 Å². The smallest absolute Gasteiger partial charge is 0.238 e. The topological polar surface area (TPSA) is 90.9 Å². The second kappa shape index (κ2) is 7.95. The highest BCUT2D eigenvalue weighted by Crippen LogP contribution is 2.24. The van der Waals surface area contributed by atoms with Crippen LogP contribution in [-0.4, -0.2) is 23.2 Å². The zero-order valence-electron chi connectivity index (χ0n) is 16.1. The van der Waals surface area contributed by atoms with E-state index in [2.05, 4.69) is 21.9 Å². The van der Waals surface area contributed by atoms with E-state index in [9.17, 15) is 8.42 Å². The van der Waals surface area contributed by atoms with Crippen molar-refractivity contribution in [3.63, 3.8) is 0 Å². The van der Waals surface area contributed by atoms with Crippen LogP contribution >= 0.6 is 0 Å². The minimum Gasteiger partial charge on any atom is -0.267 e. The molecule has 4 aromatic rings. The summed E-state index contributed by atoms with van der Waals surface area (Å²) < 4.78 is 24.5. The highest BCUT2D eigenvalue weighted by atomic mass is 32.2. The summed E-state index contributed by atoms with van der Waals surface area (Å²) in [4.78, 5) is 4.64. The first kappa shape index (κ1) is 19.6. The molecule has 0 spiro atoms. The molecule has 2 aromatic carbocycles. The second-order valence-electron chi connectivity index (χ2n) is 6.65. The van der Waals surface area contributed by atoms with Crippen molar-refractivity contribution in [3.8, 4) is 34.4 Å². The normalized spacial score (nSPS) is 11.0. The number of primary sulfonamides is 1. The molecule has 0 aliphatic rings. The van der Waals surface area contributed by atoms with Gasteiger partial charge in [0.25, 0.3) is 0 Å². The van der Waals surface area contributed by atoms with Crippen molar-refractivity contribution in [2.24, 2.45) is 12.2 Å². The molecule has 30 heavy (non-hydrogen) atoms. The van der Waals surface area contributed by atoms with Crippen molar-refractivity contribution in [2.45, 2.75) is 4.90 Å². The number of nitrogens with two attached hydrogens (primary N) is 1. The lowest BCUT2D eigenvalue weighted by molar-refractivity contribution is 0.598. The van der Waals surface area contributed by atoms with Gasteiger partial charge in [0.15, 0.2) is 0 Å². The second-order valence-corrected chi connectivity index (χ2v) is 8.21. The van der Waals surface area contributed by atoms with Crippen molar-refractivity contribution < 1.29 is 8.42 Å². The standard InChI is InChI=1S/C23H18N4O2S/c1-27-23(19-11-14-22(25-15-19)18-5-3-2-4-6-18)20(16-26-27)10-7-17-8-12-21(13-9-17)30(24,28)29/h2-6,8-9,11-16H,1H3,(H2,24,28,29). The molecule has 0 atom stereocenters. The third kappa shape index (κ3) is 4.15. The fraction of sp³-hybridized carbons (Fsp3) is 0.0435. The Labute approximate surface area is 175 Å². The molecule has 0 unspecified atom stereocenters. The van der Waals surface area contributed by atoms with Crippen molar-refractivity contribution in [2.75, 3.05) is 0 Å². The SMILES string of the molecule is Cn1ncc(C#Cc2ccc(S(N)(=O)=O)cc2)c1-c1ccc(-c2ccccc2)nc1. The number of aryl methyl sites for hydroxylation is 1. The van der Waals surface area contributed by atoms with E-state index >= 15 is 0 Å². The molecule has 0 radical (unpaired) electrons. The predicted molar refractivity (Wildman–Crippen MR) is 116 cm³/mol. The van der Waals surface area contributed by atoms with Gasteiger partial charge in [0.05, 0.1) is 28.0 Å². The monoisotopic (exact) mass is 414 g/mol. The molecule has 0 aliphatic carbocycles. The summed E-state index contributed by atoms with van der Waals surface area (Å²) in [5, 5.41) is 9.45. The van der Waals surface area contributed by atoms with Gasteiger partial charge >= 0.3 is 0 Å². The Bertz CT molecular complexity index is 1350. The van der Waals surface area contributed by atoms with Crippen LogP contribution in [0.1, 0.15) is 11.1 Å². The molecule has 0 saturated heterocycles. The van der Waals surface area contributed by atoms with Gasteiger partial charge in [-0.2, -0.15) is 5.10 Å². The van der Waals surface area contributed by atoms with E-state index in [1.165, 1.54) is 12.1 Å². The lowest BCUT2D eigenvalue weighted by Gasteiger charge is -2.05. The van der Waals surface area contributed by atoms with Crippen LogP contribution in [0.25, 0.3) is 22.5 Å². The lowest BCUT2D eigenvalue weighted by atomic mass is 10.1. The summed E-state index contributed by atoms with van der Waals surface area (Å²) in [6, 6.07) is 20.1. The fourth-order valence-electron chi connectivity index (χ4n) is 3.05. The van der Waals surface area contributed by atoms with Gasteiger partial charge < -0.3 is 0 Å². The molecule has 0 fully saturated rings. The van der Waals surface area contributed by atoms with Crippen molar-refractivity contribution >= 4 is 10.0 Å². The van der Waals surface area contributed by atoms with E-state index in [1.54, 1.807) is 23.0 Å². The molecular weight excluding hydrogens is 396 g/mol. The predicted octanol–water partition coefficient (Wildman–Crippen LogP) is 3.20. The van der Waals surface area contributed by atoms with Crippen molar-refractivity contribution in [1.82, 2.24) is 14.8 Å². The third-order valence-electron chi connectivity index (χ3n) is 4.57. The Morgan fingerprint density at radius 1 is 0.867 bits per heavy atom. The Hall–Kier alpha value is -3.73. The molecule has 0 aliphatic heterocycles. The summed E-state index contributed by atoms with van der Waals surface area (Å²) in [6.45, 7) is 0. The van der Waals surface area contributed by atoms with Crippen LogP contribution in [0.3, 0.4) is 0 Å². The first-order valence-electron chi connectivity index (χ1n) is 9.10. The van der Waals surface area contributed by atoms with E-state index in [1.807, 2.05) is 55.7 Å². The Balaban J connectivity index is 1.64. The number of rotatable bonds is 3. The highest BCUT2D eigenvalue weighted by molar-refractivity contribution is 7.89. The van der Waals surface area contributed by atoms with Crippen molar-refractivity contribution in [3.05, 3.63) is 90.3 Å². The van der Waals surface area contributed by atoms with Gasteiger partial charge in [-0.05, 0) is 36.4 Å². The number of sulfonamides is 1. The quantitative estimate of drug-likeness (QED) is 0.521. The molecular formula is C23H18N4O2S. The minimum atomic E-state index is -3.72. The van der Waals surface area contributed by atoms with Crippen molar-refractivity contribution in [1.29, 1.82) is 0 Å². The Morgan fingerprint density at radius 2 is 1.60 bits per heavy atom. The van der Waals surface area contributed by atoms with Gasteiger partial charge in [0, 0.05) is 29.9 Å². The molecule has 4 rings (SSSR count). The molecule has 148 valence electrons. The molecule has 2 N–H and O–H groups in total. The fourth-order valence-corrected chi connectivity index (χ4v) is 3.57. The maximum absolute atomic E-state index is 11.4. The number of pyridine rings is 1. The van der Waals surface area contributed by atoms with Gasteiger partial charge in [-0.1, -0.05) is 42.2 Å². The number of aromatic nitrogens is 3. The minimum absolute atomic E-state index is 0.0553. The number of hydrogen-bond donors (Lipinski definition) is 1. The summed E-state index contributed by atoms with van der Waals surface area (Å²) >= 11 is 0. The maximum Gasteiger partial charge on any atom is 0.238 e. The average molecular weight is 414 g/mol. The zero-order chi connectivity index (χ0) is 21.1. The molecule has 0 saturated carbocycles. The van der Waals surface area contributed by atoms with E-state index in [0.717, 1.165) is 28.1 Å². The van der Waals surface area contributed by atoms with Crippen LogP contribution in [0.4, 0.5) is 0 Å². The van der Waals surface area contributed by atoms with E-state index in [4.69, 9.17) is 5.14 Å². The molecule has 0 bridgehead atoms. The largest absolute Gasteiger partial charge is 0.267 e. The van der Waals surface area contributed by atoms with Crippen LogP contribution < -0.4 is 5.14 Å². The zero-order valence-corrected chi connectivity index (χ0v) is 17.0. The molecule has 0 amide bonds. The van der Waals surface area contributed by atoms with Gasteiger partial charge in [-0.3, -0.25) is 9.67 Å². The molecule has 6 nitrogen and oxygen atoms in total. The third-order valence-corrected chi connectivity index (χ3v) is 5.50. The van der Waals surface area contributed by atoms with Crippen LogP contribution in [0.15, 0.2) is 84.0 Å².